The molecule has 2 rings (SSSR count). The molecule has 1 fully saturated rings. The molecule has 0 amide bonds. The molecule has 1 saturated carbocycles. The van der Waals surface area contributed by atoms with E-state index in [4.69, 9.17) is 5.73 Å². The molecule has 0 radical (unpaired) electrons. The van der Waals surface area contributed by atoms with Crippen molar-refractivity contribution >= 4 is 5.69 Å². The summed E-state index contributed by atoms with van der Waals surface area (Å²) in [6.07, 6.45) is 8.00. The van der Waals surface area contributed by atoms with Crippen LogP contribution in [0.25, 0.3) is 0 Å². The highest BCUT2D eigenvalue weighted by Crippen LogP contribution is 2.26. The number of nitrogens with zero attached hydrogens (tertiary/aromatic N) is 1. The lowest BCUT2D eigenvalue weighted by atomic mass is 9.86. The van der Waals surface area contributed by atoms with Crippen LogP contribution >= 0.6 is 0 Å². The highest BCUT2D eigenvalue weighted by atomic mass is 15.1. The van der Waals surface area contributed by atoms with Crippen molar-refractivity contribution in [2.24, 2.45) is 5.92 Å². The van der Waals surface area contributed by atoms with Gasteiger partial charge in [-0.3, -0.25) is 0 Å². The van der Waals surface area contributed by atoms with Gasteiger partial charge in [-0.1, -0.05) is 19.1 Å². The standard InChI is InChI=1S/C17H28N2/c1-14-5-11-17(12-6-14)19(2)13-3-4-15-7-9-16(18)10-8-15/h7-10,14,17H,3-6,11-13,18H2,1-2H3. The highest BCUT2D eigenvalue weighted by Gasteiger charge is 2.21. The maximum absolute atomic E-state index is 5.70. The van der Waals surface area contributed by atoms with Gasteiger partial charge in [-0.15, -0.1) is 0 Å². The number of rotatable bonds is 5. The predicted octanol–water partition coefficient (Wildman–Crippen LogP) is 3.71. The molecule has 2 N–H and O–H groups in total. The average molecular weight is 260 g/mol. The van der Waals surface area contributed by atoms with Crippen molar-refractivity contribution in [3.05, 3.63) is 29.8 Å². The quantitative estimate of drug-likeness (QED) is 0.818. The van der Waals surface area contributed by atoms with Crippen LogP contribution in [0, 0.1) is 5.92 Å². The van der Waals surface area contributed by atoms with E-state index in [1.807, 2.05) is 12.1 Å². The third-order valence-corrected chi connectivity index (χ3v) is 4.56. The van der Waals surface area contributed by atoms with E-state index < -0.39 is 0 Å². The van der Waals surface area contributed by atoms with E-state index in [0.717, 1.165) is 24.1 Å². The van der Waals surface area contributed by atoms with Gasteiger partial charge in [-0.25, -0.2) is 0 Å². The van der Waals surface area contributed by atoms with Crippen molar-refractivity contribution in [1.29, 1.82) is 0 Å². The molecule has 0 aliphatic heterocycles. The molecule has 19 heavy (non-hydrogen) atoms. The summed E-state index contributed by atoms with van der Waals surface area (Å²) in [5.74, 6) is 0.944. The fourth-order valence-corrected chi connectivity index (χ4v) is 3.08. The third-order valence-electron chi connectivity index (χ3n) is 4.56. The number of nitrogens with two attached hydrogens (primary N) is 1. The Kier molecular flexibility index (Phi) is 5.26. The number of aryl methyl sites for hydroxylation is 1. The molecule has 0 atom stereocenters. The van der Waals surface area contributed by atoms with Crippen LogP contribution in [0.2, 0.25) is 0 Å². The van der Waals surface area contributed by atoms with Crippen LogP contribution in [0.15, 0.2) is 24.3 Å². The SMILES string of the molecule is CC1CCC(N(C)CCCc2ccc(N)cc2)CC1. The first-order valence-corrected chi connectivity index (χ1v) is 7.70. The Morgan fingerprint density at radius 1 is 1.11 bits per heavy atom. The van der Waals surface area contributed by atoms with Crippen LogP contribution in [0.3, 0.4) is 0 Å². The van der Waals surface area contributed by atoms with E-state index in [1.54, 1.807) is 0 Å². The van der Waals surface area contributed by atoms with Crippen LogP contribution in [0.4, 0.5) is 5.69 Å². The minimum absolute atomic E-state index is 0.822. The second kappa shape index (κ2) is 6.95. The lowest BCUT2D eigenvalue weighted by Crippen LogP contribution is -2.35. The monoisotopic (exact) mass is 260 g/mol. The summed E-state index contributed by atoms with van der Waals surface area (Å²) in [5, 5.41) is 0. The van der Waals surface area contributed by atoms with E-state index in [1.165, 1.54) is 44.2 Å². The Balaban J connectivity index is 1.69. The minimum Gasteiger partial charge on any atom is -0.399 e. The zero-order valence-corrected chi connectivity index (χ0v) is 12.4. The van der Waals surface area contributed by atoms with Crippen LogP contribution in [0.5, 0.6) is 0 Å². The molecule has 1 aliphatic carbocycles. The van der Waals surface area contributed by atoms with Crippen molar-refractivity contribution in [3.8, 4) is 0 Å². The molecular formula is C17H28N2. The molecule has 1 aromatic carbocycles. The molecule has 2 nitrogen and oxygen atoms in total. The van der Waals surface area contributed by atoms with Crippen LogP contribution in [0.1, 0.15) is 44.6 Å². The second-order valence-corrected chi connectivity index (χ2v) is 6.24. The van der Waals surface area contributed by atoms with E-state index >= 15 is 0 Å². The van der Waals surface area contributed by atoms with Gasteiger partial charge in [0, 0.05) is 11.7 Å². The molecule has 0 saturated heterocycles. The predicted molar refractivity (Wildman–Crippen MR) is 83.2 cm³/mol. The molecule has 1 aromatic rings. The van der Waals surface area contributed by atoms with Gasteiger partial charge in [-0.2, -0.15) is 0 Å². The van der Waals surface area contributed by atoms with E-state index in [0.29, 0.717) is 0 Å². The van der Waals surface area contributed by atoms with Gasteiger partial charge in [0.15, 0.2) is 0 Å². The van der Waals surface area contributed by atoms with Crippen molar-refractivity contribution in [3.63, 3.8) is 0 Å². The van der Waals surface area contributed by atoms with Crippen molar-refractivity contribution in [2.45, 2.75) is 51.5 Å². The fourth-order valence-electron chi connectivity index (χ4n) is 3.08. The Bertz CT molecular complexity index is 363. The van der Waals surface area contributed by atoms with Gasteiger partial charge in [0.25, 0.3) is 0 Å². The summed E-state index contributed by atoms with van der Waals surface area (Å²) in [5.41, 5.74) is 7.97. The van der Waals surface area contributed by atoms with Crippen LogP contribution < -0.4 is 5.73 Å². The Morgan fingerprint density at radius 3 is 2.37 bits per heavy atom. The van der Waals surface area contributed by atoms with Crippen molar-refractivity contribution in [2.75, 3.05) is 19.3 Å². The number of benzene rings is 1. The summed E-state index contributed by atoms with van der Waals surface area (Å²) in [7, 11) is 2.30. The van der Waals surface area contributed by atoms with Crippen LogP contribution in [-0.4, -0.2) is 24.5 Å². The molecule has 0 unspecified atom stereocenters. The van der Waals surface area contributed by atoms with Gasteiger partial charge < -0.3 is 10.6 Å². The number of anilines is 1. The Labute approximate surface area is 118 Å². The topological polar surface area (TPSA) is 29.3 Å². The van der Waals surface area contributed by atoms with Gasteiger partial charge in [-0.05, 0) is 75.7 Å². The maximum atomic E-state index is 5.70. The lowest BCUT2D eigenvalue weighted by molar-refractivity contribution is 0.169. The van der Waals surface area contributed by atoms with Gasteiger partial charge in [0.05, 0.1) is 0 Å². The zero-order chi connectivity index (χ0) is 13.7. The van der Waals surface area contributed by atoms with E-state index in [-0.39, 0.29) is 0 Å². The smallest absolute Gasteiger partial charge is 0.0314 e. The third kappa shape index (κ3) is 4.54. The first-order chi connectivity index (χ1) is 9.15. The first kappa shape index (κ1) is 14.4. The molecule has 0 bridgehead atoms. The van der Waals surface area contributed by atoms with Crippen molar-refractivity contribution < 1.29 is 0 Å². The number of hydrogen-bond donors (Lipinski definition) is 1. The summed E-state index contributed by atoms with van der Waals surface area (Å²) in [4.78, 5) is 2.57. The fraction of sp³-hybridized carbons (Fsp3) is 0.647. The normalized spacial score (nSPS) is 23.7. The summed E-state index contributed by atoms with van der Waals surface area (Å²) in [6.45, 7) is 3.60. The zero-order valence-electron chi connectivity index (χ0n) is 12.4. The lowest BCUT2D eigenvalue weighted by Gasteiger charge is -2.33. The minimum atomic E-state index is 0.822. The molecule has 106 valence electrons. The number of hydrogen-bond acceptors (Lipinski definition) is 2. The largest absolute Gasteiger partial charge is 0.399 e. The Hall–Kier alpha value is -1.02. The Morgan fingerprint density at radius 2 is 1.74 bits per heavy atom. The highest BCUT2D eigenvalue weighted by molar-refractivity contribution is 5.39. The van der Waals surface area contributed by atoms with E-state index in [2.05, 4.69) is 31.0 Å². The molecule has 2 heteroatoms. The second-order valence-electron chi connectivity index (χ2n) is 6.24. The average Bonchev–Trinajstić information content (AvgIpc) is 2.41. The van der Waals surface area contributed by atoms with Crippen LogP contribution in [-0.2, 0) is 6.42 Å². The van der Waals surface area contributed by atoms with Gasteiger partial charge >= 0.3 is 0 Å². The number of nitrogen functional groups attached to an aromatic ring is 1. The maximum Gasteiger partial charge on any atom is 0.0314 e. The van der Waals surface area contributed by atoms with Gasteiger partial charge in [0.1, 0.15) is 0 Å². The summed E-state index contributed by atoms with van der Waals surface area (Å²) >= 11 is 0. The van der Waals surface area contributed by atoms with E-state index in [9.17, 15) is 0 Å². The molecule has 0 heterocycles. The summed E-state index contributed by atoms with van der Waals surface area (Å²) in [6, 6.07) is 9.13. The van der Waals surface area contributed by atoms with Crippen molar-refractivity contribution in [1.82, 2.24) is 4.90 Å². The van der Waals surface area contributed by atoms with Gasteiger partial charge in [0.2, 0.25) is 0 Å². The first-order valence-electron chi connectivity index (χ1n) is 7.70. The molecule has 0 spiro atoms. The molecular weight excluding hydrogens is 232 g/mol. The molecule has 0 aromatic heterocycles. The molecule has 1 aliphatic rings. The summed E-state index contributed by atoms with van der Waals surface area (Å²) < 4.78 is 0.